The number of sulfonamides is 1. The Morgan fingerprint density at radius 3 is 2.30 bits per heavy atom. The second-order valence-corrected chi connectivity index (χ2v) is 9.86. The van der Waals surface area contributed by atoms with Gasteiger partial charge in [0.15, 0.2) is 0 Å². The molecule has 0 N–H and O–H groups in total. The molecule has 158 valence electrons. The monoisotopic (exact) mass is 426 g/mol. The van der Waals surface area contributed by atoms with Crippen molar-refractivity contribution in [2.45, 2.75) is 32.1 Å². The van der Waals surface area contributed by atoms with Gasteiger partial charge in [-0.1, -0.05) is 29.8 Å². The molecule has 1 aliphatic rings. The summed E-state index contributed by atoms with van der Waals surface area (Å²) in [6.07, 6.45) is 1.91. The fourth-order valence-corrected chi connectivity index (χ4v) is 5.26. The molecule has 1 amide bonds. The van der Waals surface area contributed by atoms with Gasteiger partial charge < -0.3 is 9.32 Å². The summed E-state index contributed by atoms with van der Waals surface area (Å²) in [7, 11) is -3.54. The van der Waals surface area contributed by atoms with Gasteiger partial charge in [0.1, 0.15) is 5.58 Å². The summed E-state index contributed by atoms with van der Waals surface area (Å²) in [6, 6.07) is 10.9. The summed E-state index contributed by atoms with van der Waals surface area (Å²) in [5.74, 6) is -0.0108. The summed E-state index contributed by atoms with van der Waals surface area (Å²) in [5, 5.41) is 0.965. The van der Waals surface area contributed by atoms with E-state index in [4.69, 9.17) is 4.42 Å². The molecule has 1 fully saturated rings. The van der Waals surface area contributed by atoms with Crippen molar-refractivity contribution >= 4 is 26.9 Å². The van der Waals surface area contributed by atoms with Crippen LogP contribution in [0.3, 0.4) is 0 Å². The van der Waals surface area contributed by atoms with E-state index in [-0.39, 0.29) is 12.3 Å². The molecule has 6 nitrogen and oxygen atoms in total. The highest BCUT2D eigenvalue weighted by Gasteiger charge is 2.30. The van der Waals surface area contributed by atoms with Crippen LogP contribution in [-0.2, 0) is 21.2 Å². The first-order valence-electron chi connectivity index (χ1n) is 10.1. The van der Waals surface area contributed by atoms with Gasteiger partial charge in [-0.2, -0.15) is 4.31 Å². The third kappa shape index (κ3) is 3.75. The summed E-state index contributed by atoms with van der Waals surface area (Å²) in [4.78, 5) is 14.9. The number of nitrogens with zero attached hydrogens (tertiary/aromatic N) is 2. The van der Waals surface area contributed by atoms with E-state index in [0.717, 1.165) is 33.2 Å². The maximum absolute atomic E-state index is 12.8. The number of rotatable bonds is 4. The number of piperazine rings is 1. The third-order valence-corrected chi connectivity index (χ3v) is 7.85. The molecule has 2 aromatic carbocycles. The normalized spacial score (nSPS) is 15.6. The van der Waals surface area contributed by atoms with Crippen molar-refractivity contribution in [3.63, 3.8) is 0 Å². The van der Waals surface area contributed by atoms with Crippen molar-refractivity contribution in [2.75, 3.05) is 26.2 Å². The molecule has 0 spiro atoms. The smallest absolute Gasteiger partial charge is 0.243 e. The lowest BCUT2D eigenvalue weighted by molar-refractivity contribution is -0.131. The van der Waals surface area contributed by atoms with Crippen molar-refractivity contribution < 1.29 is 17.6 Å². The molecule has 7 heteroatoms. The van der Waals surface area contributed by atoms with Crippen molar-refractivity contribution in [3.8, 4) is 0 Å². The molecule has 0 unspecified atom stereocenters. The molecule has 3 aromatic rings. The van der Waals surface area contributed by atoms with Crippen LogP contribution in [0.2, 0.25) is 0 Å². The number of aryl methyl sites for hydroxylation is 3. The molecule has 1 saturated heterocycles. The summed E-state index contributed by atoms with van der Waals surface area (Å²) in [5.41, 5.74) is 4.95. The number of furan rings is 1. The van der Waals surface area contributed by atoms with Crippen LogP contribution < -0.4 is 0 Å². The van der Waals surface area contributed by atoms with Gasteiger partial charge in [0.2, 0.25) is 15.9 Å². The van der Waals surface area contributed by atoms with E-state index in [9.17, 15) is 13.2 Å². The predicted molar refractivity (Wildman–Crippen MR) is 116 cm³/mol. The minimum atomic E-state index is -3.54. The summed E-state index contributed by atoms with van der Waals surface area (Å²) in [6.45, 7) is 7.34. The van der Waals surface area contributed by atoms with Crippen LogP contribution in [-0.4, -0.2) is 49.7 Å². The van der Waals surface area contributed by atoms with Crippen LogP contribution in [0.25, 0.3) is 11.0 Å². The van der Waals surface area contributed by atoms with Crippen LogP contribution in [0.15, 0.2) is 52.0 Å². The molecule has 0 bridgehead atoms. The average molecular weight is 427 g/mol. The molecule has 4 rings (SSSR count). The van der Waals surface area contributed by atoms with Gasteiger partial charge in [-0.15, -0.1) is 0 Å². The molecule has 0 atom stereocenters. The predicted octanol–water partition coefficient (Wildman–Crippen LogP) is 3.43. The Kier molecular flexibility index (Phi) is 5.42. The molecule has 0 saturated carbocycles. The Balaban J connectivity index is 1.42. The van der Waals surface area contributed by atoms with E-state index >= 15 is 0 Å². The molecule has 30 heavy (non-hydrogen) atoms. The topological polar surface area (TPSA) is 70.8 Å². The Morgan fingerprint density at radius 2 is 1.63 bits per heavy atom. The summed E-state index contributed by atoms with van der Waals surface area (Å²) < 4.78 is 32.9. The first-order chi connectivity index (χ1) is 14.3. The SMILES string of the molecule is Cc1ccc(S(=O)(=O)N2CCN(C(=O)Cc3coc4c(C)c(C)ccc34)CC2)cc1. The van der Waals surface area contributed by atoms with Crippen molar-refractivity contribution in [3.05, 3.63) is 64.9 Å². The fourth-order valence-electron chi connectivity index (χ4n) is 3.84. The standard InChI is InChI=1S/C23H26N2O4S/c1-16-4-7-20(8-5-16)30(27,28)25-12-10-24(11-13-25)22(26)14-19-15-29-23-18(3)17(2)6-9-21(19)23/h4-9,15H,10-14H2,1-3H3. The lowest BCUT2D eigenvalue weighted by Crippen LogP contribution is -2.50. The van der Waals surface area contributed by atoms with E-state index in [1.165, 1.54) is 4.31 Å². The molecule has 0 radical (unpaired) electrons. The van der Waals surface area contributed by atoms with Crippen molar-refractivity contribution in [2.24, 2.45) is 0 Å². The quantitative estimate of drug-likeness (QED) is 0.641. The third-order valence-electron chi connectivity index (χ3n) is 5.93. The van der Waals surface area contributed by atoms with Gasteiger partial charge >= 0.3 is 0 Å². The highest BCUT2D eigenvalue weighted by molar-refractivity contribution is 7.89. The molecular weight excluding hydrogens is 400 g/mol. The van der Waals surface area contributed by atoms with Gasteiger partial charge in [0, 0.05) is 37.1 Å². The molecule has 0 aliphatic carbocycles. The van der Waals surface area contributed by atoms with Crippen LogP contribution in [0, 0.1) is 20.8 Å². The maximum atomic E-state index is 12.8. The minimum absolute atomic E-state index is 0.0108. The van der Waals surface area contributed by atoms with Gasteiger partial charge in [0.05, 0.1) is 17.6 Å². The Hall–Kier alpha value is -2.64. The van der Waals surface area contributed by atoms with E-state index < -0.39 is 10.0 Å². The minimum Gasteiger partial charge on any atom is -0.464 e. The Bertz CT molecular complexity index is 1190. The number of hydrogen-bond acceptors (Lipinski definition) is 4. The first kappa shape index (κ1) is 20.6. The zero-order valence-electron chi connectivity index (χ0n) is 17.5. The lowest BCUT2D eigenvalue weighted by atomic mass is 10.0. The number of carbonyl (C=O) groups is 1. The molecule has 1 aliphatic heterocycles. The van der Waals surface area contributed by atoms with Gasteiger partial charge in [-0.05, 0) is 44.0 Å². The Morgan fingerprint density at radius 1 is 0.967 bits per heavy atom. The van der Waals surface area contributed by atoms with Crippen LogP contribution in [0.1, 0.15) is 22.3 Å². The fraction of sp³-hybridized carbons (Fsp3) is 0.348. The number of fused-ring (bicyclic) bond motifs is 1. The van der Waals surface area contributed by atoms with Crippen molar-refractivity contribution in [1.82, 2.24) is 9.21 Å². The number of amides is 1. The van der Waals surface area contributed by atoms with Gasteiger partial charge in [-0.25, -0.2) is 8.42 Å². The number of hydrogen-bond donors (Lipinski definition) is 0. The van der Waals surface area contributed by atoms with Crippen LogP contribution in [0.5, 0.6) is 0 Å². The van der Waals surface area contributed by atoms with Crippen molar-refractivity contribution in [1.29, 1.82) is 0 Å². The summed E-state index contributed by atoms with van der Waals surface area (Å²) >= 11 is 0. The second kappa shape index (κ2) is 7.89. The molecular formula is C23H26N2O4S. The lowest BCUT2D eigenvalue weighted by Gasteiger charge is -2.34. The number of carbonyl (C=O) groups excluding carboxylic acids is 1. The maximum Gasteiger partial charge on any atom is 0.243 e. The largest absolute Gasteiger partial charge is 0.464 e. The average Bonchev–Trinajstić information content (AvgIpc) is 3.14. The second-order valence-electron chi connectivity index (χ2n) is 7.92. The Labute approximate surface area is 177 Å². The first-order valence-corrected chi connectivity index (χ1v) is 11.5. The van der Waals surface area contributed by atoms with Gasteiger partial charge in [0.25, 0.3) is 0 Å². The number of benzene rings is 2. The molecule has 2 heterocycles. The van der Waals surface area contributed by atoms with Crippen LogP contribution in [0.4, 0.5) is 0 Å². The highest BCUT2D eigenvalue weighted by atomic mass is 32.2. The molecule has 1 aromatic heterocycles. The van der Waals surface area contributed by atoms with E-state index in [0.29, 0.717) is 31.1 Å². The zero-order chi connectivity index (χ0) is 21.5. The van der Waals surface area contributed by atoms with Crippen LogP contribution >= 0.6 is 0 Å². The highest BCUT2D eigenvalue weighted by Crippen LogP contribution is 2.27. The van der Waals surface area contributed by atoms with E-state index in [1.807, 2.05) is 32.9 Å². The zero-order valence-corrected chi connectivity index (χ0v) is 18.3. The van der Waals surface area contributed by atoms with Gasteiger partial charge in [-0.3, -0.25) is 4.79 Å². The van der Waals surface area contributed by atoms with E-state index in [1.54, 1.807) is 35.4 Å². The van der Waals surface area contributed by atoms with E-state index in [2.05, 4.69) is 0 Å².